The fourth-order valence-electron chi connectivity index (χ4n) is 8.88. The summed E-state index contributed by atoms with van der Waals surface area (Å²) in [6, 6.07) is 5.01. The van der Waals surface area contributed by atoms with E-state index in [1.807, 2.05) is 33.8 Å². The summed E-state index contributed by atoms with van der Waals surface area (Å²) < 4.78 is 30.9. The summed E-state index contributed by atoms with van der Waals surface area (Å²) in [5, 5.41) is 0.683. The Morgan fingerprint density at radius 2 is 1.28 bits per heavy atom. The van der Waals surface area contributed by atoms with Gasteiger partial charge in [-0.05, 0) is 78.0 Å². The number of hydrogen-bond donors (Lipinski definition) is 1. The van der Waals surface area contributed by atoms with E-state index < -0.39 is 74.5 Å². The molecule has 2 aromatic rings. The maximum absolute atomic E-state index is 14.5. The molecule has 4 heterocycles. The highest BCUT2D eigenvalue weighted by Gasteiger charge is 2.78. The smallest absolute Gasteiger partial charge is 0.351 e. The zero-order valence-corrected chi connectivity index (χ0v) is 27.8. The molecule has 5 aliphatic rings. The molecule has 1 aromatic heterocycles. The van der Waals surface area contributed by atoms with Gasteiger partial charge < -0.3 is 28.7 Å². The summed E-state index contributed by atoms with van der Waals surface area (Å²) in [6.07, 6.45) is -1.12. The number of benzene rings is 1. The first-order chi connectivity index (χ1) is 21.2. The number of hydrogen-bond acceptors (Lipinski definition) is 10. The second kappa shape index (κ2) is 8.72. The van der Waals surface area contributed by atoms with E-state index in [4.69, 9.17) is 23.7 Å². The largest absolute Gasteiger partial charge is 0.483 e. The maximum Gasteiger partial charge on any atom is 0.351 e. The van der Waals surface area contributed by atoms with Gasteiger partial charge in [-0.15, -0.1) is 0 Å². The highest BCUT2D eigenvalue weighted by molar-refractivity contribution is 5.95. The van der Waals surface area contributed by atoms with Crippen molar-refractivity contribution in [2.45, 2.75) is 117 Å². The minimum absolute atomic E-state index is 0.266. The third-order valence-electron chi connectivity index (χ3n) is 13.1. The van der Waals surface area contributed by atoms with E-state index in [0.717, 1.165) is 0 Å². The minimum Gasteiger partial charge on any atom is -0.483 e. The summed E-state index contributed by atoms with van der Waals surface area (Å²) in [5.74, 6) is -2.12. The van der Waals surface area contributed by atoms with Gasteiger partial charge in [0.05, 0.1) is 21.9 Å². The van der Waals surface area contributed by atoms with E-state index in [0.29, 0.717) is 40.6 Å². The molecule has 246 valence electrons. The summed E-state index contributed by atoms with van der Waals surface area (Å²) in [6.45, 7) is 16.1. The number of esters is 4. The Morgan fingerprint density at radius 3 is 1.76 bits per heavy atom. The van der Waals surface area contributed by atoms with E-state index in [-0.39, 0.29) is 18.4 Å². The molecule has 0 spiro atoms. The molecule has 7 rings (SSSR count). The van der Waals surface area contributed by atoms with Crippen LogP contribution in [0.1, 0.15) is 98.3 Å². The SMILES string of the molecule is Cc1cc(=O)[nH]c2c3c(ccc12)OC(C)(C)[C@H](OC(=O)[C@@]12CC[C@@](C)(C(=O)O1)C2(C)C)[C@@H]3OC(=O)[C@@]12CC[C@@](C)(C(=O)O1)C2(C)C. The van der Waals surface area contributed by atoms with Crippen LogP contribution in [-0.2, 0) is 38.1 Å². The Labute approximate surface area is 266 Å². The highest BCUT2D eigenvalue weighted by Crippen LogP contribution is 2.67. The van der Waals surface area contributed by atoms with Crippen molar-refractivity contribution in [3.05, 3.63) is 39.7 Å². The third-order valence-corrected chi connectivity index (χ3v) is 13.1. The number of pyridine rings is 1. The van der Waals surface area contributed by atoms with Crippen LogP contribution >= 0.6 is 0 Å². The topological polar surface area (TPSA) is 147 Å². The number of aromatic nitrogens is 1. The van der Waals surface area contributed by atoms with Gasteiger partial charge in [0.1, 0.15) is 11.4 Å². The molecule has 4 bridgehead atoms. The van der Waals surface area contributed by atoms with E-state index in [1.165, 1.54) is 6.07 Å². The average molecular weight is 636 g/mol. The fraction of sp³-hybridized carbons (Fsp3) is 0.629. The predicted molar refractivity (Wildman–Crippen MR) is 163 cm³/mol. The summed E-state index contributed by atoms with van der Waals surface area (Å²) >= 11 is 0. The molecule has 0 unspecified atom stereocenters. The number of H-pyrrole nitrogens is 1. The second-order valence-corrected chi connectivity index (χ2v) is 15.9. The lowest BCUT2D eigenvalue weighted by atomic mass is 9.66. The normalized spacial score (nSPS) is 37.3. The lowest BCUT2D eigenvalue weighted by Crippen LogP contribution is -2.57. The number of nitrogens with one attached hydrogen (secondary N) is 1. The molecule has 2 aliphatic carbocycles. The molecule has 1 aromatic carbocycles. The monoisotopic (exact) mass is 635 g/mol. The van der Waals surface area contributed by atoms with Crippen molar-refractivity contribution in [1.29, 1.82) is 0 Å². The highest BCUT2D eigenvalue weighted by atomic mass is 16.7. The number of fused-ring (bicyclic) bond motifs is 7. The van der Waals surface area contributed by atoms with Gasteiger partial charge in [-0.3, -0.25) is 14.4 Å². The lowest BCUT2D eigenvalue weighted by molar-refractivity contribution is -0.217. The standard InChI is InChI=1S/C35H41NO10/c1-17-16-20(37)36-22-18(17)10-11-19-21(22)23(42-27(40)34-14-12-32(8,25(38)45-34)30(34,4)5)24(29(2,3)44-19)43-28(41)35-15-13-33(9,26(39)46-35)31(35,6)7/h10-11,16,23-24H,12-15H2,1-9H3,(H,36,37)/t23-,24-,32+,33+,34-,35-/m1/s1. The zero-order valence-electron chi connectivity index (χ0n) is 27.8. The van der Waals surface area contributed by atoms with Crippen molar-refractivity contribution in [1.82, 2.24) is 4.98 Å². The van der Waals surface area contributed by atoms with Crippen molar-refractivity contribution < 1.29 is 42.9 Å². The molecule has 11 nitrogen and oxygen atoms in total. The van der Waals surface area contributed by atoms with E-state index in [9.17, 15) is 24.0 Å². The van der Waals surface area contributed by atoms with Gasteiger partial charge in [-0.2, -0.15) is 0 Å². The Bertz CT molecular complexity index is 1840. The van der Waals surface area contributed by atoms with Gasteiger partial charge >= 0.3 is 23.9 Å². The van der Waals surface area contributed by atoms with Crippen LogP contribution in [0.2, 0.25) is 0 Å². The van der Waals surface area contributed by atoms with Crippen LogP contribution in [-0.4, -0.2) is 51.8 Å². The Morgan fingerprint density at radius 1 is 0.761 bits per heavy atom. The molecule has 3 aliphatic heterocycles. The molecule has 2 saturated heterocycles. The van der Waals surface area contributed by atoms with E-state index >= 15 is 0 Å². The van der Waals surface area contributed by atoms with Gasteiger partial charge in [0, 0.05) is 22.3 Å². The third kappa shape index (κ3) is 3.31. The van der Waals surface area contributed by atoms with Crippen molar-refractivity contribution in [3.8, 4) is 5.75 Å². The number of carbonyl (C=O) groups is 4. The van der Waals surface area contributed by atoms with Gasteiger partial charge in [0.2, 0.25) is 16.8 Å². The molecule has 2 saturated carbocycles. The van der Waals surface area contributed by atoms with Crippen molar-refractivity contribution in [3.63, 3.8) is 0 Å². The molecule has 11 heteroatoms. The average Bonchev–Trinajstić information content (AvgIpc) is 3.42. The van der Waals surface area contributed by atoms with Gasteiger partial charge in [0.15, 0.2) is 12.2 Å². The molecular weight excluding hydrogens is 594 g/mol. The van der Waals surface area contributed by atoms with Crippen LogP contribution in [0.15, 0.2) is 23.0 Å². The molecule has 1 N–H and O–H groups in total. The first-order valence-electron chi connectivity index (χ1n) is 15.9. The number of aromatic amines is 1. The van der Waals surface area contributed by atoms with Crippen LogP contribution in [0.25, 0.3) is 10.9 Å². The Kier molecular flexibility index (Phi) is 5.83. The predicted octanol–water partition coefficient (Wildman–Crippen LogP) is 4.75. The van der Waals surface area contributed by atoms with Crippen LogP contribution in [0.4, 0.5) is 0 Å². The van der Waals surface area contributed by atoms with Crippen LogP contribution in [0.5, 0.6) is 5.75 Å². The second-order valence-electron chi connectivity index (χ2n) is 15.9. The molecule has 0 amide bonds. The zero-order chi connectivity index (χ0) is 33.6. The molecule has 6 atom stereocenters. The summed E-state index contributed by atoms with van der Waals surface area (Å²) in [5.41, 5.74) is -6.93. The lowest BCUT2D eigenvalue weighted by Gasteiger charge is -2.46. The molecule has 46 heavy (non-hydrogen) atoms. The Hall–Kier alpha value is -3.89. The number of rotatable bonds is 4. The van der Waals surface area contributed by atoms with Crippen molar-refractivity contribution in [2.75, 3.05) is 0 Å². The number of aryl methyl sites for hydroxylation is 1. The molecule has 0 radical (unpaired) electrons. The van der Waals surface area contributed by atoms with Crippen molar-refractivity contribution in [2.24, 2.45) is 21.7 Å². The quantitative estimate of drug-likeness (QED) is 0.369. The van der Waals surface area contributed by atoms with Gasteiger partial charge in [-0.25, -0.2) is 9.59 Å². The molecular formula is C35H41NO10. The van der Waals surface area contributed by atoms with Crippen LogP contribution in [0.3, 0.4) is 0 Å². The Balaban J connectivity index is 1.37. The van der Waals surface area contributed by atoms with Crippen molar-refractivity contribution >= 4 is 34.8 Å². The van der Waals surface area contributed by atoms with E-state index in [2.05, 4.69) is 4.98 Å². The summed E-state index contributed by atoms with van der Waals surface area (Å²) in [7, 11) is 0. The minimum atomic E-state index is -1.57. The van der Waals surface area contributed by atoms with Crippen LogP contribution < -0.4 is 10.3 Å². The first-order valence-corrected chi connectivity index (χ1v) is 15.9. The summed E-state index contributed by atoms with van der Waals surface area (Å²) in [4.78, 5) is 70.5. The first kappa shape index (κ1) is 30.7. The van der Waals surface area contributed by atoms with Gasteiger partial charge in [-0.1, -0.05) is 27.7 Å². The molecule has 4 fully saturated rings. The van der Waals surface area contributed by atoms with Crippen LogP contribution in [0, 0.1) is 28.6 Å². The fourth-order valence-corrected chi connectivity index (χ4v) is 8.88. The number of carbonyl (C=O) groups excluding carboxylic acids is 4. The maximum atomic E-state index is 14.5. The van der Waals surface area contributed by atoms with E-state index in [1.54, 1.807) is 40.7 Å². The van der Waals surface area contributed by atoms with Gasteiger partial charge in [0.25, 0.3) is 0 Å². The number of ether oxygens (including phenoxy) is 5.